The number of amides is 2. The van der Waals surface area contributed by atoms with E-state index in [4.69, 9.17) is 16.3 Å². The summed E-state index contributed by atoms with van der Waals surface area (Å²) in [5, 5.41) is 4.44. The van der Waals surface area contributed by atoms with Crippen LogP contribution in [0, 0.1) is 6.92 Å². The number of ether oxygens (including phenoxy) is 1. The monoisotopic (exact) mass is 448 g/mol. The van der Waals surface area contributed by atoms with E-state index in [0.717, 1.165) is 17.0 Å². The van der Waals surface area contributed by atoms with Gasteiger partial charge in [-0.1, -0.05) is 11.6 Å². The van der Waals surface area contributed by atoms with E-state index in [1.54, 1.807) is 12.1 Å². The van der Waals surface area contributed by atoms with Crippen LogP contribution in [0.25, 0.3) is 0 Å². The second-order valence-electron chi connectivity index (χ2n) is 5.91. The lowest BCUT2D eigenvalue weighted by molar-refractivity contribution is -0.152. The Balaban J connectivity index is 1.90. The van der Waals surface area contributed by atoms with Gasteiger partial charge in [-0.05, 0) is 44.2 Å². The van der Waals surface area contributed by atoms with Crippen molar-refractivity contribution in [3.63, 3.8) is 0 Å². The number of esters is 1. The zero-order valence-electron chi connectivity index (χ0n) is 15.2. The molecular weight excluding hydrogens is 433 g/mol. The summed E-state index contributed by atoms with van der Waals surface area (Å²) in [6.45, 7) is 2.59. The number of benzene rings is 1. The van der Waals surface area contributed by atoms with Crippen molar-refractivity contribution in [2.24, 2.45) is 0 Å². The zero-order chi connectivity index (χ0) is 21.8. The molecule has 1 aromatic carbocycles. The smallest absolute Gasteiger partial charge is 0.416 e. The highest BCUT2D eigenvalue weighted by Crippen LogP contribution is 2.33. The lowest BCUT2D eigenvalue weighted by Gasteiger charge is -2.15. The molecule has 0 spiro atoms. The Morgan fingerprint density at radius 3 is 2.48 bits per heavy atom. The molecule has 29 heavy (non-hydrogen) atoms. The third-order valence-electron chi connectivity index (χ3n) is 3.59. The summed E-state index contributed by atoms with van der Waals surface area (Å²) < 4.78 is 43.2. The third kappa shape index (κ3) is 6.47. The second-order valence-corrected chi connectivity index (χ2v) is 7.60. The third-order valence-corrected chi connectivity index (χ3v) is 4.92. The van der Waals surface area contributed by atoms with Crippen molar-refractivity contribution in [1.82, 2.24) is 5.32 Å². The highest BCUT2D eigenvalue weighted by atomic mass is 35.5. The minimum atomic E-state index is -4.61. The molecule has 11 heteroatoms. The fourth-order valence-corrected chi connectivity index (χ4v) is 3.07. The van der Waals surface area contributed by atoms with Crippen LogP contribution < -0.4 is 10.6 Å². The fraction of sp³-hybridized carbons (Fsp3) is 0.278. The highest BCUT2D eigenvalue weighted by Gasteiger charge is 2.31. The van der Waals surface area contributed by atoms with Gasteiger partial charge in [-0.3, -0.25) is 14.4 Å². The number of aryl methyl sites for hydroxylation is 1. The molecule has 2 N–H and O–H groups in total. The standard InChI is InChI=1S/C18H16ClF3N2O4S/c1-9-3-6-14(29-9)17(27)23-8-15(25)28-10(2)16(26)24-13-7-11(18(20,21)22)4-5-12(13)19/h3-7,10H,8H2,1-2H3,(H,23,27)(H,24,26)/t10-/m1/s1. The highest BCUT2D eigenvalue weighted by molar-refractivity contribution is 7.13. The number of hydrogen-bond acceptors (Lipinski definition) is 5. The molecule has 0 aliphatic heterocycles. The number of hydrogen-bond donors (Lipinski definition) is 2. The number of halogens is 4. The van der Waals surface area contributed by atoms with Crippen molar-refractivity contribution in [2.45, 2.75) is 26.1 Å². The number of alkyl halides is 3. The molecule has 0 radical (unpaired) electrons. The Morgan fingerprint density at radius 1 is 1.21 bits per heavy atom. The van der Waals surface area contributed by atoms with Crippen LogP contribution in [0.3, 0.4) is 0 Å². The molecule has 0 fully saturated rings. The molecule has 0 aliphatic carbocycles. The quantitative estimate of drug-likeness (QED) is 0.653. The van der Waals surface area contributed by atoms with Gasteiger partial charge in [0.25, 0.3) is 11.8 Å². The van der Waals surface area contributed by atoms with Gasteiger partial charge in [-0.2, -0.15) is 13.2 Å². The Labute approximate surface area is 173 Å². The van der Waals surface area contributed by atoms with Gasteiger partial charge in [-0.25, -0.2) is 0 Å². The predicted molar refractivity (Wildman–Crippen MR) is 102 cm³/mol. The SMILES string of the molecule is Cc1ccc(C(=O)NCC(=O)O[C@H](C)C(=O)Nc2cc(C(F)(F)F)ccc2Cl)s1. The van der Waals surface area contributed by atoms with E-state index in [-0.39, 0.29) is 10.7 Å². The molecule has 0 aliphatic rings. The zero-order valence-corrected chi connectivity index (χ0v) is 16.8. The van der Waals surface area contributed by atoms with Crippen LogP contribution in [0.5, 0.6) is 0 Å². The largest absolute Gasteiger partial charge is 0.451 e. The topological polar surface area (TPSA) is 84.5 Å². The molecule has 0 bridgehead atoms. The van der Waals surface area contributed by atoms with Gasteiger partial charge in [-0.15, -0.1) is 11.3 Å². The fourth-order valence-electron chi connectivity index (χ4n) is 2.12. The second kappa shape index (κ2) is 9.27. The van der Waals surface area contributed by atoms with E-state index >= 15 is 0 Å². The van der Waals surface area contributed by atoms with Crippen molar-refractivity contribution in [3.8, 4) is 0 Å². The number of thiophene rings is 1. The molecule has 156 valence electrons. The first-order valence-corrected chi connectivity index (χ1v) is 9.38. The molecule has 0 unspecified atom stereocenters. The molecule has 1 atom stereocenters. The van der Waals surface area contributed by atoms with Crippen molar-refractivity contribution >= 4 is 46.4 Å². The first kappa shape index (κ1) is 22.7. The first-order chi connectivity index (χ1) is 13.5. The van der Waals surface area contributed by atoms with Crippen LogP contribution in [0.4, 0.5) is 18.9 Å². The van der Waals surface area contributed by atoms with Crippen LogP contribution in [0.1, 0.15) is 27.0 Å². The summed E-state index contributed by atoms with van der Waals surface area (Å²) in [6.07, 6.45) is -5.93. The molecule has 1 aromatic heterocycles. The van der Waals surface area contributed by atoms with Crippen LogP contribution in [-0.2, 0) is 20.5 Å². The van der Waals surface area contributed by atoms with E-state index in [2.05, 4.69) is 10.6 Å². The van der Waals surface area contributed by atoms with Crippen LogP contribution >= 0.6 is 22.9 Å². The number of carbonyl (C=O) groups is 3. The van der Waals surface area contributed by atoms with Gasteiger partial charge in [0.05, 0.1) is 21.2 Å². The molecule has 2 aromatic rings. The van der Waals surface area contributed by atoms with Crippen LogP contribution in [0.2, 0.25) is 5.02 Å². The Morgan fingerprint density at radius 2 is 1.90 bits per heavy atom. The number of nitrogens with one attached hydrogen (secondary N) is 2. The average molecular weight is 449 g/mol. The van der Waals surface area contributed by atoms with E-state index in [9.17, 15) is 27.6 Å². The van der Waals surface area contributed by atoms with Crippen molar-refractivity contribution in [1.29, 1.82) is 0 Å². The molecule has 2 amide bonds. The maximum absolute atomic E-state index is 12.8. The molecule has 1 heterocycles. The van der Waals surface area contributed by atoms with Gasteiger partial charge in [0.1, 0.15) is 6.54 Å². The molecule has 2 rings (SSSR count). The van der Waals surface area contributed by atoms with Crippen molar-refractivity contribution in [3.05, 3.63) is 50.7 Å². The van der Waals surface area contributed by atoms with E-state index < -0.39 is 42.2 Å². The lowest BCUT2D eigenvalue weighted by atomic mass is 10.2. The summed E-state index contributed by atoms with van der Waals surface area (Å²) in [5.41, 5.74) is -1.26. The predicted octanol–water partition coefficient (Wildman–Crippen LogP) is 4.03. The summed E-state index contributed by atoms with van der Waals surface area (Å²) in [6, 6.07) is 5.81. The minimum absolute atomic E-state index is 0.108. The minimum Gasteiger partial charge on any atom is -0.451 e. The molecule has 0 saturated heterocycles. The van der Waals surface area contributed by atoms with Crippen molar-refractivity contribution < 1.29 is 32.3 Å². The van der Waals surface area contributed by atoms with E-state index in [1.165, 1.54) is 18.3 Å². The Kier molecular flexibility index (Phi) is 7.26. The van der Waals surface area contributed by atoms with Crippen molar-refractivity contribution in [2.75, 3.05) is 11.9 Å². The Hall–Kier alpha value is -2.59. The van der Waals surface area contributed by atoms with E-state index in [1.807, 2.05) is 6.92 Å². The first-order valence-electron chi connectivity index (χ1n) is 8.19. The van der Waals surface area contributed by atoms with Gasteiger partial charge < -0.3 is 15.4 Å². The molecule has 6 nitrogen and oxygen atoms in total. The summed E-state index contributed by atoms with van der Waals surface area (Å²) in [4.78, 5) is 37.1. The van der Waals surface area contributed by atoms with Crippen LogP contribution in [0.15, 0.2) is 30.3 Å². The number of carbonyl (C=O) groups excluding carboxylic acids is 3. The van der Waals surface area contributed by atoms with Gasteiger partial charge in [0.2, 0.25) is 0 Å². The molecule has 0 saturated carbocycles. The normalized spacial score (nSPS) is 12.2. The number of anilines is 1. The maximum Gasteiger partial charge on any atom is 0.416 e. The average Bonchev–Trinajstić information content (AvgIpc) is 3.07. The summed E-state index contributed by atoms with van der Waals surface area (Å²) >= 11 is 7.06. The van der Waals surface area contributed by atoms with Gasteiger partial charge in [0, 0.05) is 4.88 Å². The van der Waals surface area contributed by atoms with Gasteiger partial charge in [0.15, 0.2) is 6.10 Å². The van der Waals surface area contributed by atoms with E-state index in [0.29, 0.717) is 10.9 Å². The Bertz CT molecular complexity index is 930. The summed E-state index contributed by atoms with van der Waals surface area (Å²) in [5.74, 6) is -2.22. The lowest BCUT2D eigenvalue weighted by Crippen LogP contribution is -2.35. The van der Waals surface area contributed by atoms with Crippen LogP contribution in [-0.4, -0.2) is 30.4 Å². The molecular formula is C18H16ClF3N2O4S. The van der Waals surface area contributed by atoms with Gasteiger partial charge >= 0.3 is 12.1 Å². The maximum atomic E-state index is 12.8. The number of rotatable bonds is 6. The summed E-state index contributed by atoms with van der Waals surface area (Å²) in [7, 11) is 0.